The molecule has 3 nitrogen and oxygen atoms in total. The van der Waals surface area contributed by atoms with Gasteiger partial charge in [-0.1, -0.05) is 13.8 Å². The molecule has 92 valence electrons. The third kappa shape index (κ3) is 7.77. The SMILES string of the molecule is CNC(C)(CO)CCOCCCC(C)C. The Morgan fingerprint density at radius 2 is 2.00 bits per heavy atom. The molecule has 3 heteroatoms. The first-order valence-electron chi connectivity index (χ1n) is 5.91. The van der Waals surface area contributed by atoms with Crippen LogP contribution in [0.5, 0.6) is 0 Å². The summed E-state index contributed by atoms with van der Waals surface area (Å²) in [6, 6.07) is 0. The lowest BCUT2D eigenvalue weighted by Gasteiger charge is -2.26. The maximum absolute atomic E-state index is 9.14. The molecule has 0 bridgehead atoms. The predicted molar refractivity (Wildman–Crippen MR) is 64.1 cm³/mol. The van der Waals surface area contributed by atoms with E-state index in [-0.39, 0.29) is 12.1 Å². The van der Waals surface area contributed by atoms with E-state index >= 15 is 0 Å². The molecule has 0 heterocycles. The fourth-order valence-corrected chi connectivity index (χ4v) is 1.28. The van der Waals surface area contributed by atoms with E-state index in [0.29, 0.717) is 0 Å². The minimum absolute atomic E-state index is 0.152. The Morgan fingerprint density at radius 3 is 2.47 bits per heavy atom. The zero-order valence-corrected chi connectivity index (χ0v) is 10.7. The van der Waals surface area contributed by atoms with E-state index in [1.165, 1.54) is 6.42 Å². The van der Waals surface area contributed by atoms with Gasteiger partial charge in [0.1, 0.15) is 0 Å². The fourth-order valence-electron chi connectivity index (χ4n) is 1.28. The highest BCUT2D eigenvalue weighted by atomic mass is 16.5. The molecule has 15 heavy (non-hydrogen) atoms. The highest BCUT2D eigenvalue weighted by molar-refractivity contribution is 4.79. The number of ether oxygens (including phenoxy) is 1. The standard InChI is InChI=1S/C12H27NO2/c1-11(2)6-5-8-15-9-7-12(3,10-14)13-4/h11,13-14H,5-10H2,1-4H3. The molecule has 0 aromatic heterocycles. The van der Waals surface area contributed by atoms with Gasteiger partial charge in [-0.3, -0.25) is 0 Å². The summed E-state index contributed by atoms with van der Waals surface area (Å²) in [4.78, 5) is 0. The second-order valence-corrected chi connectivity index (χ2v) is 4.87. The second-order valence-electron chi connectivity index (χ2n) is 4.87. The lowest BCUT2D eigenvalue weighted by molar-refractivity contribution is 0.0866. The molecule has 0 aromatic carbocycles. The summed E-state index contributed by atoms with van der Waals surface area (Å²) in [6.07, 6.45) is 3.21. The first-order chi connectivity index (χ1) is 7.04. The Kier molecular flexibility index (Phi) is 8.02. The molecule has 0 fully saturated rings. The van der Waals surface area contributed by atoms with Crippen molar-refractivity contribution < 1.29 is 9.84 Å². The van der Waals surface area contributed by atoms with Crippen LogP contribution in [0, 0.1) is 5.92 Å². The molecule has 1 unspecified atom stereocenters. The van der Waals surface area contributed by atoms with E-state index in [2.05, 4.69) is 19.2 Å². The van der Waals surface area contributed by atoms with Crippen LogP contribution in [0.2, 0.25) is 0 Å². The van der Waals surface area contributed by atoms with Crippen molar-refractivity contribution in [3.05, 3.63) is 0 Å². The molecule has 0 aliphatic heterocycles. The van der Waals surface area contributed by atoms with Crippen LogP contribution in [0.1, 0.15) is 40.0 Å². The summed E-state index contributed by atoms with van der Waals surface area (Å²) in [6.45, 7) is 8.16. The van der Waals surface area contributed by atoms with Crippen molar-refractivity contribution in [2.45, 2.75) is 45.6 Å². The molecule has 0 aliphatic rings. The lowest BCUT2D eigenvalue weighted by Crippen LogP contribution is -2.44. The maximum Gasteiger partial charge on any atom is 0.0611 e. The monoisotopic (exact) mass is 217 g/mol. The third-order valence-corrected chi connectivity index (χ3v) is 2.82. The summed E-state index contributed by atoms with van der Waals surface area (Å²) in [5.74, 6) is 0.758. The molecule has 0 saturated heterocycles. The van der Waals surface area contributed by atoms with E-state index < -0.39 is 0 Å². The molecule has 0 saturated carbocycles. The Balaban J connectivity index is 3.37. The summed E-state index contributed by atoms with van der Waals surface area (Å²) >= 11 is 0. The van der Waals surface area contributed by atoms with Gasteiger partial charge in [-0.15, -0.1) is 0 Å². The first-order valence-corrected chi connectivity index (χ1v) is 5.91. The first kappa shape index (κ1) is 14.9. The number of hydrogen-bond acceptors (Lipinski definition) is 3. The van der Waals surface area contributed by atoms with E-state index in [4.69, 9.17) is 9.84 Å². The molecule has 0 aliphatic carbocycles. The maximum atomic E-state index is 9.14. The number of aliphatic hydroxyl groups is 1. The van der Waals surface area contributed by atoms with Crippen LogP contribution in [-0.2, 0) is 4.74 Å². The van der Waals surface area contributed by atoms with Gasteiger partial charge in [0, 0.05) is 18.8 Å². The average molecular weight is 217 g/mol. The van der Waals surface area contributed by atoms with Gasteiger partial charge in [0.2, 0.25) is 0 Å². The summed E-state index contributed by atoms with van der Waals surface area (Å²) in [7, 11) is 1.87. The number of nitrogens with one attached hydrogen (secondary N) is 1. The highest BCUT2D eigenvalue weighted by Crippen LogP contribution is 2.08. The van der Waals surface area contributed by atoms with Crippen LogP contribution >= 0.6 is 0 Å². The smallest absolute Gasteiger partial charge is 0.0611 e. The van der Waals surface area contributed by atoms with Crippen molar-refractivity contribution >= 4 is 0 Å². The Bertz CT molecular complexity index is 145. The molecular formula is C12H27NO2. The predicted octanol–water partition coefficient (Wildman–Crippen LogP) is 1.80. The van der Waals surface area contributed by atoms with Crippen molar-refractivity contribution in [3.63, 3.8) is 0 Å². The lowest BCUT2D eigenvalue weighted by atomic mass is 10.0. The van der Waals surface area contributed by atoms with Crippen molar-refractivity contribution in [1.82, 2.24) is 5.32 Å². The van der Waals surface area contributed by atoms with Gasteiger partial charge in [-0.2, -0.15) is 0 Å². The van der Waals surface area contributed by atoms with E-state index in [9.17, 15) is 0 Å². The molecule has 0 rings (SSSR count). The fraction of sp³-hybridized carbons (Fsp3) is 1.00. The Hall–Kier alpha value is -0.120. The van der Waals surface area contributed by atoms with Crippen molar-refractivity contribution in [2.24, 2.45) is 5.92 Å². The van der Waals surface area contributed by atoms with E-state index in [0.717, 1.165) is 32.0 Å². The quantitative estimate of drug-likeness (QED) is 0.579. The van der Waals surface area contributed by atoms with Crippen molar-refractivity contribution in [2.75, 3.05) is 26.9 Å². The van der Waals surface area contributed by atoms with Crippen molar-refractivity contribution in [3.8, 4) is 0 Å². The number of aliphatic hydroxyl groups excluding tert-OH is 1. The largest absolute Gasteiger partial charge is 0.394 e. The van der Waals surface area contributed by atoms with Gasteiger partial charge in [-0.05, 0) is 39.2 Å². The van der Waals surface area contributed by atoms with Gasteiger partial charge < -0.3 is 15.2 Å². The van der Waals surface area contributed by atoms with Gasteiger partial charge in [0.15, 0.2) is 0 Å². The van der Waals surface area contributed by atoms with Crippen molar-refractivity contribution in [1.29, 1.82) is 0 Å². The molecule has 2 N–H and O–H groups in total. The molecular weight excluding hydrogens is 190 g/mol. The minimum atomic E-state index is -0.196. The van der Waals surface area contributed by atoms with Gasteiger partial charge in [-0.25, -0.2) is 0 Å². The molecule has 0 aromatic rings. The summed E-state index contributed by atoms with van der Waals surface area (Å²) in [5, 5.41) is 12.2. The highest BCUT2D eigenvalue weighted by Gasteiger charge is 2.19. The van der Waals surface area contributed by atoms with E-state index in [1.54, 1.807) is 0 Å². The molecule has 0 spiro atoms. The molecule has 0 radical (unpaired) electrons. The van der Waals surface area contributed by atoms with Crippen LogP contribution in [-0.4, -0.2) is 37.5 Å². The molecule has 1 atom stereocenters. The molecule has 0 amide bonds. The zero-order chi connectivity index (χ0) is 11.7. The third-order valence-electron chi connectivity index (χ3n) is 2.82. The number of likely N-dealkylation sites (N-methyl/N-ethyl adjacent to an activating group) is 1. The van der Waals surface area contributed by atoms with Crippen LogP contribution < -0.4 is 5.32 Å². The Morgan fingerprint density at radius 1 is 1.33 bits per heavy atom. The second kappa shape index (κ2) is 8.08. The van der Waals surface area contributed by atoms with Gasteiger partial charge in [0.25, 0.3) is 0 Å². The van der Waals surface area contributed by atoms with E-state index in [1.807, 2.05) is 14.0 Å². The van der Waals surface area contributed by atoms with Crippen LogP contribution in [0.15, 0.2) is 0 Å². The van der Waals surface area contributed by atoms with Gasteiger partial charge in [0.05, 0.1) is 6.61 Å². The van der Waals surface area contributed by atoms with Crippen LogP contribution in [0.3, 0.4) is 0 Å². The zero-order valence-electron chi connectivity index (χ0n) is 10.7. The van der Waals surface area contributed by atoms with Crippen LogP contribution in [0.25, 0.3) is 0 Å². The number of rotatable bonds is 9. The van der Waals surface area contributed by atoms with Gasteiger partial charge >= 0.3 is 0 Å². The normalized spacial score (nSPS) is 15.6. The average Bonchev–Trinajstić information content (AvgIpc) is 2.22. The summed E-state index contributed by atoms with van der Waals surface area (Å²) in [5.41, 5.74) is -0.196. The minimum Gasteiger partial charge on any atom is -0.394 e. The number of hydrogen-bond donors (Lipinski definition) is 2. The van der Waals surface area contributed by atoms with Crippen LogP contribution in [0.4, 0.5) is 0 Å². The topological polar surface area (TPSA) is 41.5 Å². The Labute approximate surface area is 94.2 Å². The summed E-state index contributed by atoms with van der Waals surface area (Å²) < 4.78 is 5.53.